The standard InChI is InChI=1S/C17H25N3/c1-3-5-6-9-15(18-12-4-2)13-20-14-19-16-10-7-8-11-17(16)20/h3,7-8,10-11,14-15,18H,1,4-6,9,12-13H2,2H3. The molecule has 0 aliphatic heterocycles. The van der Waals surface area contributed by atoms with Gasteiger partial charge in [0.1, 0.15) is 0 Å². The van der Waals surface area contributed by atoms with Crippen LogP contribution in [0.2, 0.25) is 0 Å². The second-order valence-electron chi connectivity index (χ2n) is 5.26. The first-order chi connectivity index (χ1) is 9.85. The number of benzene rings is 1. The van der Waals surface area contributed by atoms with Crippen LogP contribution in [0.4, 0.5) is 0 Å². The Morgan fingerprint density at radius 1 is 1.40 bits per heavy atom. The molecule has 2 rings (SSSR count). The molecule has 0 fully saturated rings. The zero-order chi connectivity index (χ0) is 14.2. The van der Waals surface area contributed by atoms with Gasteiger partial charge in [0.05, 0.1) is 17.4 Å². The fourth-order valence-corrected chi connectivity index (χ4v) is 2.51. The molecule has 1 N–H and O–H groups in total. The lowest BCUT2D eigenvalue weighted by Gasteiger charge is -2.19. The predicted molar refractivity (Wildman–Crippen MR) is 85.9 cm³/mol. The van der Waals surface area contributed by atoms with E-state index in [-0.39, 0.29) is 0 Å². The van der Waals surface area contributed by atoms with E-state index in [1.54, 1.807) is 0 Å². The van der Waals surface area contributed by atoms with Gasteiger partial charge in [-0.2, -0.15) is 0 Å². The van der Waals surface area contributed by atoms with Crippen molar-refractivity contribution in [2.75, 3.05) is 6.54 Å². The van der Waals surface area contributed by atoms with Crippen LogP contribution in [0.15, 0.2) is 43.2 Å². The normalized spacial score (nSPS) is 12.7. The van der Waals surface area contributed by atoms with Gasteiger partial charge in [0.2, 0.25) is 0 Å². The quantitative estimate of drug-likeness (QED) is 0.556. The molecule has 3 heteroatoms. The van der Waals surface area contributed by atoms with E-state index in [4.69, 9.17) is 0 Å². The van der Waals surface area contributed by atoms with Crippen molar-refractivity contribution in [1.82, 2.24) is 14.9 Å². The summed E-state index contributed by atoms with van der Waals surface area (Å²) in [5, 5.41) is 3.65. The van der Waals surface area contributed by atoms with Gasteiger partial charge in [-0.25, -0.2) is 4.98 Å². The first-order valence-electron chi connectivity index (χ1n) is 7.59. The third-order valence-electron chi connectivity index (χ3n) is 3.59. The van der Waals surface area contributed by atoms with Crippen molar-refractivity contribution < 1.29 is 0 Å². The molecule has 108 valence electrons. The lowest BCUT2D eigenvalue weighted by molar-refractivity contribution is 0.419. The third-order valence-corrected chi connectivity index (χ3v) is 3.59. The molecule has 1 heterocycles. The average molecular weight is 271 g/mol. The predicted octanol–water partition coefficient (Wildman–Crippen LogP) is 3.76. The van der Waals surface area contributed by atoms with E-state index < -0.39 is 0 Å². The van der Waals surface area contributed by atoms with Crippen LogP contribution in [0, 0.1) is 0 Å². The second-order valence-corrected chi connectivity index (χ2v) is 5.26. The number of hydrogen-bond acceptors (Lipinski definition) is 2. The van der Waals surface area contributed by atoms with Crippen molar-refractivity contribution >= 4 is 11.0 Å². The number of imidazole rings is 1. The van der Waals surface area contributed by atoms with Crippen LogP contribution in [0.1, 0.15) is 32.6 Å². The fraction of sp³-hybridized carbons (Fsp3) is 0.471. The highest BCUT2D eigenvalue weighted by Gasteiger charge is 2.10. The number of rotatable bonds is 9. The maximum absolute atomic E-state index is 4.47. The van der Waals surface area contributed by atoms with Gasteiger partial charge in [0.15, 0.2) is 0 Å². The molecular formula is C17H25N3. The minimum atomic E-state index is 0.507. The number of unbranched alkanes of at least 4 members (excludes halogenated alkanes) is 1. The van der Waals surface area contributed by atoms with Crippen LogP contribution < -0.4 is 5.32 Å². The monoisotopic (exact) mass is 271 g/mol. The van der Waals surface area contributed by atoms with E-state index in [0.29, 0.717) is 6.04 Å². The number of hydrogen-bond donors (Lipinski definition) is 1. The number of allylic oxidation sites excluding steroid dienone is 1. The molecule has 1 unspecified atom stereocenters. The molecule has 0 bridgehead atoms. The molecule has 0 radical (unpaired) electrons. The van der Waals surface area contributed by atoms with Crippen molar-refractivity contribution in [3.63, 3.8) is 0 Å². The Morgan fingerprint density at radius 3 is 3.05 bits per heavy atom. The molecule has 0 aliphatic rings. The number of fused-ring (bicyclic) bond motifs is 1. The number of nitrogens with zero attached hydrogens (tertiary/aromatic N) is 2. The maximum Gasteiger partial charge on any atom is 0.0958 e. The Kier molecular flexibility index (Phi) is 5.81. The summed E-state index contributed by atoms with van der Waals surface area (Å²) in [5.74, 6) is 0. The van der Waals surface area contributed by atoms with Gasteiger partial charge in [0.25, 0.3) is 0 Å². The highest BCUT2D eigenvalue weighted by molar-refractivity contribution is 5.74. The Hall–Kier alpha value is -1.61. The summed E-state index contributed by atoms with van der Waals surface area (Å²) in [4.78, 5) is 4.47. The Balaban J connectivity index is 2.03. The number of aromatic nitrogens is 2. The van der Waals surface area contributed by atoms with E-state index in [1.807, 2.05) is 18.5 Å². The molecular weight excluding hydrogens is 246 g/mol. The van der Waals surface area contributed by atoms with Gasteiger partial charge in [-0.05, 0) is 44.4 Å². The van der Waals surface area contributed by atoms with Gasteiger partial charge in [-0.15, -0.1) is 6.58 Å². The topological polar surface area (TPSA) is 29.9 Å². The van der Waals surface area contributed by atoms with Crippen molar-refractivity contribution in [2.24, 2.45) is 0 Å². The van der Waals surface area contributed by atoms with Crippen LogP contribution in [-0.4, -0.2) is 22.1 Å². The van der Waals surface area contributed by atoms with E-state index in [2.05, 4.69) is 46.6 Å². The minimum absolute atomic E-state index is 0.507. The zero-order valence-corrected chi connectivity index (χ0v) is 12.4. The van der Waals surface area contributed by atoms with Gasteiger partial charge < -0.3 is 9.88 Å². The largest absolute Gasteiger partial charge is 0.329 e. The Bertz CT molecular complexity index is 530. The summed E-state index contributed by atoms with van der Waals surface area (Å²) in [6.07, 6.45) is 8.59. The van der Waals surface area contributed by atoms with E-state index in [9.17, 15) is 0 Å². The molecule has 0 saturated heterocycles. The van der Waals surface area contributed by atoms with Gasteiger partial charge >= 0.3 is 0 Å². The van der Waals surface area contributed by atoms with Crippen molar-refractivity contribution in [3.05, 3.63) is 43.2 Å². The highest BCUT2D eigenvalue weighted by atomic mass is 15.1. The van der Waals surface area contributed by atoms with E-state index in [0.717, 1.165) is 25.0 Å². The zero-order valence-electron chi connectivity index (χ0n) is 12.4. The molecule has 0 spiro atoms. The molecule has 1 aromatic carbocycles. The Morgan fingerprint density at radius 2 is 2.25 bits per heavy atom. The summed E-state index contributed by atoms with van der Waals surface area (Å²) in [5.41, 5.74) is 2.30. The third kappa shape index (κ3) is 3.94. The van der Waals surface area contributed by atoms with Crippen LogP contribution in [0.5, 0.6) is 0 Å². The van der Waals surface area contributed by atoms with Crippen LogP contribution in [0.25, 0.3) is 11.0 Å². The summed E-state index contributed by atoms with van der Waals surface area (Å²) >= 11 is 0. The first-order valence-corrected chi connectivity index (χ1v) is 7.59. The fourth-order valence-electron chi connectivity index (χ4n) is 2.51. The van der Waals surface area contributed by atoms with Crippen molar-refractivity contribution in [3.8, 4) is 0 Å². The van der Waals surface area contributed by atoms with E-state index in [1.165, 1.54) is 24.8 Å². The molecule has 0 aliphatic carbocycles. The minimum Gasteiger partial charge on any atom is -0.329 e. The highest BCUT2D eigenvalue weighted by Crippen LogP contribution is 2.14. The summed E-state index contributed by atoms with van der Waals surface area (Å²) < 4.78 is 2.26. The molecule has 0 saturated carbocycles. The lowest BCUT2D eigenvalue weighted by Crippen LogP contribution is -2.33. The van der Waals surface area contributed by atoms with Gasteiger partial charge in [-0.3, -0.25) is 0 Å². The first kappa shape index (κ1) is 14.8. The molecule has 0 amide bonds. The summed E-state index contributed by atoms with van der Waals surface area (Å²) in [6, 6.07) is 8.83. The molecule has 1 atom stereocenters. The summed E-state index contributed by atoms with van der Waals surface area (Å²) in [7, 11) is 0. The Labute approximate surface area is 121 Å². The van der Waals surface area contributed by atoms with Crippen LogP contribution in [-0.2, 0) is 6.54 Å². The number of nitrogens with one attached hydrogen (secondary N) is 1. The van der Waals surface area contributed by atoms with E-state index >= 15 is 0 Å². The summed E-state index contributed by atoms with van der Waals surface area (Å²) in [6.45, 7) is 8.07. The second kappa shape index (κ2) is 7.85. The number of para-hydroxylation sites is 2. The van der Waals surface area contributed by atoms with Gasteiger partial charge in [-0.1, -0.05) is 25.1 Å². The molecule has 20 heavy (non-hydrogen) atoms. The smallest absolute Gasteiger partial charge is 0.0958 e. The molecule has 2 aromatic rings. The average Bonchev–Trinajstić information content (AvgIpc) is 2.88. The maximum atomic E-state index is 4.47. The lowest BCUT2D eigenvalue weighted by atomic mass is 10.1. The molecule has 1 aromatic heterocycles. The molecule has 3 nitrogen and oxygen atoms in total. The van der Waals surface area contributed by atoms with Crippen molar-refractivity contribution in [2.45, 2.75) is 45.2 Å². The van der Waals surface area contributed by atoms with Crippen LogP contribution >= 0.6 is 0 Å². The van der Waals surface area contributed by atoms with Crippen LogP contribution in [0.3, 0.4) is 0 Å². The SMILES string of the molecule is C=CCCCC(Cn1cnc2ccccc21)NCCC. The van der Waals surface area contributed by atoms with Crippen molar-refractivity contribution in [1.29, 1.82) is 0 Å². The van der Waals surface area contributed by atoms with Gasteiger partial charge in [0, 0.05) is 12.6 Å².